The van der Waals surface area contributed by atoms with E-state index in [1.165, 1.54) is 11.4 Å². The molecule has 164 valence electrons. The summed E-state index contributed by atoms with van der Waals surface area (Å²) in [5.41, 5.74) is 0.907. The van der Waals surface area contributed by atoms with E-state index in [9.17, 15) is 18.3 Å². The molecule has 3 atom stereocenters. The molecule has 1 aliphatic heterocycles. The number of nitrogens with zero attached hydrogens (tertiary/aromatic N) is 3. The minimum Gasteiger partial charge on any atom is -0.472 e. The van der Waals surface area contributed by atoms with Crippen LogP contribution in [0.3, 0.4) is 0 Å². The second-order valence-electron chi connectivity index (χ2n) is 8.29. The molecule has 1 saturated carbocycles. The van der Waals surface area contributed by atoms with Gasteiger partial charge in [0.05, 0.1) is 25.4 Å². The summed E-state index contributed by atoms with van der Waals surface area (Å²) in [4.78, 5) is 19.2. The summed E-state index contributed by atoms with van der Waals surface area (Å²) < 4.78 is 31.1. The van der Waals surface area contributed by atoms with E-state index in [0.29, 0.717) is 18.0 Å². The first-order valence-corrected chi connectivity index (χ1v) is 12.0. The van der Waals surface area contributed by atoms with E-state index >= 15 is 0 Å². The van der Waals surface area contributed by atoms with Crippen molar-refractivity contribution in [3.8, 4) is 17.7 Å². The number of rotatable bonds is 5. The standard InChI is InChI=1S/C21H29N3O5S/c1-14-11-24(15(2)13-25)21(26)18-9-17(8-7-16-5-6-16)10-22-20(18)29-19(14)12-23(3)30(4,27)28/h9-10,14-16,19,25H,5-6,11-13H2,1-4H3/t14-,15-,19+/m1/s1. The molecule has 30 heavy (non-hydrogen) atoms. The molecule has 1 amide bonds. The molecule has 0 radical (unpaired) electrons. The summed E-state index contributed by atoms with van der Waals surface area (Å²) in [5, 5.41) is 9.68. The Labute approximate surface area is 178 Å². The number of carbonyl (C=O) groups excluding carboxylic acids is 1. The summed E-state index contributed by atoms with van der Waals surface area (Å²) in [7, 11) is -1.90. The normalized spacial score (nSPS) is 23.0. The summed E-state index contributed by atoms with van der Waals surface area (Å²) in [6.07, 6.45) is 4.40. The molecular weight excluding hydrogens is 406 g/mol. The smallest absolute Gasteiger partial charge is 0.259 e. The minimum atomic E-state index is -3.39. The van der Waals surface area contributed by atoms with Crippen LogP contribution in [0, 0.1) is 23.7 Å². The lowest BCUT2D eigenvalue weighted by atomic mass is 10.0. The van der Waals surface area contributed by atoms with Crippen LogP contribution in [-0.2, 0) is 10.0 Å². The van der Waals surface area contributed by atoms with Crippen LogP contribution in [0.2, 0.25) is 0 Å². The fourth-order valence-electron chi connectivity index (χ4n) is 3.19. The molecule has 2 aliphatic rings. The van der Waals surface area contributed by atoms with Crippen molar-refractivity contribution >= 4 is 15.9 Å². The van der Waals surface area contributed by atoms with E-state index in [1.807, 2.05) is 6.92 Å². The van der Waals surface area contributed by atoms with Crippen LogP contribution in [0.15, 0.2) is 12.3 Å². The summed E-state index contributed by atoms with van der Waals surface area (Å²) in [6.45, 7) is 3.93. The van der Waals surface area contributed by atoms with Crippen LogP contribution in [0.25, 0.3) is 0 Å². The van der Waals surface area contributed by atoms with Crippen molar-refractivity contribution in [3.05, 3.63) is 23.4 Å². The first-order valence-electron chi connectivity index (χ1n) is 10.1. The van der Waals surface area contributed by atoms with Crippen LogP contribution in [0.5, 0.6) is 5.88 Å². The molecule has 9 heteroatoms. The lowest BCUT2D eigenvalue weighted by Gasteiger charge is -2.37. The number of likely N-dealkylation sites (N-methyl/N-ethyl adjacent to an activating group) is 1. The van der Waals surface area contributed by atoms with Gasteiger partial charge in [0.15, 0.2) is 0 Å². The minimum absolute atomic E-state index is 0.125. The molecule has 2 heterocycles. The molecule has 0 unspecified atom stereocenters. The van der Waals surface area contributed by atoms with Gasteiger partial charge in [-0.25, -0.2) is 17.7 Å². The number of fused-ring (bicyclic) bond motifs is 1. The van der Waals surface area contributed by atoms with Gasteiger partial charge in [0.1, 0.15) is 11.7 Å². The molecule has 0 spiro atoms. The maximum Gasteiger partial charge on any atom is 0.259 e. The first kappa shape index (κ1) is 22.5. The van der Waals surface area contributed by atoms with Gasteiger partial charge in [-0.05, 0) is 25.8 Å². The lowest BCUT2D eigenvalue weighted by Crippen LogP contribution is -2.50. The number of ether oxygens (including phenoxy) is 1. The fraction of sp³-hybridized carbons (Fsp3) is 0.619. The Kier molecular flexibility index (Phi) is 6.70. The maximum atomic E-state index is 13.3. The molecule has 1 aliphatic carbocycles. The first-order chi connectivity index (χ1) is 14.1. The topological polar surface area (TPSA) is 100 Å². The molecule has 1 N–H and O–H groups in total. The Morgan fingerprint density at radius 2 is 2.13 bits per heavy atom. The molecule has 1 aromatic rings. The van der Waals surface area contributed by atoms with Gasteiger partial charge in [-0.15, -0.1) is 0 Å². The fourth-order valence-corrected chi connectivity index (χ4v) is 3.61. The number of hydrogen-bond donors (Lipinski definition) is 1. The van der Waals surface area contributed by atoms with Gasteiger partial charge in [0.2, 0.25) is 15.9 Å². The van der Waals surface area contributed by atoms with Crippen LogP contribution in [0.1, 0.15) is 42.6 Å². The van der Waals surface area contributed by atoms with Crippen molar-refractivity contribution < 1.29 is 23.1 Å². The number of sulfonamides is 1. The molecule has 0 aromatic carbocycles. The summed E-state index contributed by atoms with van der Waals surface area (Å²) in [6, 6.07) is 1.27. The monoisotopic (exact) mass is 435 g/mol. The predicted octanol–water partition coefficient (Wildman–Crippen LogP) is 0.955. The van der Waals surface area contributed by atoms with Crippen molar-refractivity contribution in [2.45, 2.75) is 38.8 Å². The quantitative estimate of drug-likeness (QED) is 0.692. The highest BCUT2D eigenvalue weighted by atomic mass is 32.2. The molecule has 8 nitrogen and oxygen atoms in total. The second-order valence-corrected chi connectivity index (χ2v) is 10.4. The SMILES string of the molecule is C[C@@H]1CN([C@H](C)CO)C(=O)c2cc(C#CC3CC3)cnc2O[C@H]1CN(C)S(C)(=O)=O. The zero-order valence-corrected chi connectivity index (χ0v) is 18.6. The number of aliphatic hydroxyl groups is 1. The van der Waals surface area contributed by atoms with Gasteiger partial charge >= 0.3 is 0 Å². The Morgan fingerprint density at radius 3 is 2.73 bits per heavy atom. The molecule has 1 fully saturated rings. The molecule has 0 bridgehead atoms. The Bertz CT molecular complexity index is 965. The number of aromatic nitrogens is 1. The van der Waals surface area contributed by atoms with Crippen LogP contribution in [-0.4, -0.2) is 78.8 Å². The Morgan fingerprint density at radius 1 is 1.43 bits per heavy atom. The van der Waals surface area contributed by atoms with Gasteiger partial charge in [0.25, 0.3) is 5.91 Å². The third kappa shape index (κ3) is 5.31. The van der Waals surface area contributed by atoms with Gasteiger partial charge in [-0.3, -0.25) is 4.79 Å². The number of aliphatic hydroxyl groups excluding tert-OH is 1. The largest absolute Gasteiger partial charge is 0.472 e. The van der Waals surface area contributed by atoms with Gasteiger partial charge in [-0.1, -0.05) is 18.8 Å². The third-order valence-corrected chi connectivity index (χ3v) is 6.80. The van der Waals surface area contributed by atoms with E-state index in [-0.39, 0.29) is 36.4 Å². The van der Waals surface area contributed by atoms with Crippen molar-refractivity contribution in [2.24, 2.45) is 11.8 Å². The predicted molar refractivity (Wildman–Crippen MR) is 112 cm³/mol. The third-order valence-electron chi connectivity index (χ3n) is 5.52. The zero-order valence-electron chi connectivity index (χ0n) is 17.8. The Hall–Kier alpha value is -2.15. The van der Waals surface area contributed by atoms with E-state index in [1.54, 1.807) is 24.1 Å². The molecule has 0 saturated heterocycles. The lowest BCUT2D eigenvalue weighted by molar-refractivity contribution is 0.0373. The average molecular weight is 436 g/mol. The van der Waals surface area contributed by atoms with Crippen molar-refractivity contribution in [3.63, 3.8) is 0 Å². The molecule has 1 aromatic heterocycles. The van der Waals surface area contributed by atoms with E-state index in [4.69, 9.17) is 4.74 Å². The summed E-state index contributed by atoms with van der Waals surface area (Å²) >= 11 is 0. The van der Waals surface area contributed by atoms with Crippen molar-refractivity contribution in [1.82, 2.24) is 14.2 Å². The zero-order chi connectivity index (χ0) is 22.1. The van der Waals surface area contributed by atoms with Gasteiger partial charge < -0.3 is 14.7 Å². The van der Waals surface area contributed by atoms with Crippen LogP contribution in [0.4, 0.5) is 0 Å². The van der Waals surface area contributed by atoms with E-state index < -0.39 is 22.2 Å². The second kappa shape index (κ2) is 8.92. The number of amides is 1. The van der Waals surface area contributed by atoms with E-state index in [0.717, 1.165) is 19.1 Å². The maximum absolute atomic E-state index is 13.3. The van der Waals surface area contributed by atoms with E-state index in [2.05, 4.69) is 16.8 Å². The van der Waals surface area contributed by atoms with Crippen molar-refractivity contribution in [2.75, 3.05) is 33.0 Å². The molecular formula is C21H29N3O5S. The number of pyridine rings is 1. The summed E-state index contributed by atoms with van der Waals surface area (Å²) in [5.74, 6) is 6.34. The van der Waals surface area contributed by atoms with Gasteiger partial charge in [-0.2, -0.15) is 0 Å². The highest BCUT2D eigenvalue weighted by Gasteiger charge is 2.35. The number of carbonyl (C=O) groups is 1. The molecule has 3 rings (SSSR count). The number of hydrogen-bond acceptors (Lipinski definition) is 6. The van der Waals surface area contributed by atoms with Crippen LogP contribution < -0.4 is 4.74 Å². The average Bonchev–Trinajstić information content (AvgIpc) is 3.52. The van der Waals surface area contributed by atoms with Crippen molar-refractivity contribution in [1.29, 1.82) is 0 Å². The Balaban J connectivity index is 1.99. The highest BCUT2D eigenvalue weighted by molar-refractivity contribution is 7.88. The van der Waals surface area contributed by atoms with Crippen LogP contribution >= 0.6 is 0 Å². The highest BCUT2D eigenvalue weighted by Crippen LogP contribution is 2.29. The van der Waals surface area contributed by atoms with Gasteiger partial charge in [0, 0.05) is 37.2 Å².